The molecule has 0 aliphatic carbocycles. The van der Waals surface area contributed by atoms with Gasteiger partial charge >= 0.3 is 0 Å². The van der Waals surface area contributed by atoms with Crippen LogP contribution in [0.1, 0.15) is 26.7 Å². The zero-order chi connectivity index (χ0) is 9.45. The molecule has 4 N–H and O–H groups in total. The highest BCUT2D eigenvalue weighted by atomic mass is 16.3. The summed E-state index contributed by atoms with van der Waals surface area (Å²) in [5.41, 5.74) is 5.55. The Morgan fingerprint density at radius 3 is 2.58 bits per heavy atom. The van der Waals surface area contributed by atoms with Crippen molar-refractivity contribution in [3.63, 3.8) is 0 Å². The maximum absolute atomic E-state index is 8.76. The highest BCUT2D eigenvalue weighted by molar-refractivity contribution is 4.70. The molecule has 0 bridgehead atoms. The summed E-state index contributed by atoms with van der Waals surface area (Å²) < 4.78 is 0. The lowest BCUT2D eigenvalue weighted by Gasteiger charge is -2.23. The quantitative estimate of drug-likeness (QED) is 0.488. The number of hydrogen-bond donors (Lipinski definition) is 3. The molecular formula is C9H22N2O. The molecule has 0 saturated heterocycles. The Morgan fingerprint density at radius 1 is 1.42 bits per heavy atom. The van der Waals surface area contributed by atoms with Crippen LogP contribution in [0.15, 0.2) is 0 Å². The second-order valence-electron chi connectivity index (χ2n) is 3.96. The van der Waals surface area contributed by atoms with Crippen LogP contribution in [0.2, 0.25) is 0 Å². The average Bonchev–Trinajstić information content (AvgIpc) is 1.98. The van der Waals surface area contributed by atoms with Gasteiger partial charge < -0.3 is 16.2 Å². The van der Waals surface area contributed by atoms with Gasteiger partial charge in [0.05, 0.1) is 0 Å². The van der Waals surface area contributed by atoms with Crippen LogP contribution in [0.4, 0.5) is 0 Å². The van der Waals surface area contributed by atoms with E-state index in [2.05, 4.69) is 19.2 Å². The maximum atomic E-state index is 8.76. The fraction of sp³-hybridized carbons (Fsp3) is 1.00. The van der Waals surface area contributed by atoms with Crippen molar-refractivity contribution in [1.82, 2.24) is 5.32 Å². The molecule has 0 aromatic heterocycles. The molecule has 0 aromatic rings. The number of nitrogens with one attached hydrogen (secondary N) is 1. The van der Waals surface area contributed by atoms with Crippen LogP contribution in [0.3, 0.4) is 0 Å². The Morgan fingerprint density at radius 2 is 2.08 bits per heavy atom. The molecule has 74 valence electrons. The van der Waals surface area contributed by atoms with Crippen LogP contribution in [0.5, 0.6) is 0 Å². The highest BCUT2D eigenvalue weighted by Gasteiger charge is 2.15. The summed E-state index contributed by atoms with van der Waals surface area (Å²) in [6.07, 6.45) is 1.87. The minimum Gasteiger partial charge on any atom is -0.396 e. The summed E-state index contributed by atoms with van der Waals surface area (Å²) >= 11 is 0. The molecule has 0 aromatic carbocycles. The van der Waals surface area contributed by atoms with Crippen molar-refractivity contribution in [1.29, 1.82) is 0 Å². The molecule has 0 radical (unpaired) electrons. The SMILES string of the molecule is CC(C)(CCO)CNCCCN. The molecule has 0 unspecified atom stereocenters. The van der Waals surface area contributed by atoms with E-state index in [1.807, 2.05) is 0 Å². The Balaban J connectivity index is 3.33. The maximum Gasteiger partial charge on any atom is 0.0436 e. The van der Waals surface area contributed by atoms with Crippen molar-refractivity contribution in [3.05, 3.63) is 0 Å². The molecule has 0 rings (SSSR count). The van der Waals surface area contributed by atoms with Gasteiger partial charge in [0.25, 0.3) is 0 Å². The predicted octanol–water partition coefficient (Wildman–Crippen LogP) is 0.333. The molecule has 0 atom stereocenters. The van der Waals surface area contributed by atoms with E-state index in [4.69, 9.17) is 10.8 Å². The number of nitrogens with two attached hydrogens (primary N) is 1. The van der Waals surface area contributed by atoms with E-state index in [0.29, 0.717) is 0 Å². The van der Waals surface area contributed by atoms with Gasteiger partial charge in [0.15, 0.2) is 0 Å². The van der Waals surface area contributed by atoms with E-state index in [0.717, 1.165) is 32.5 Å². The number of aliphatic hydroxyl groups excluding tert-OH is 1. The van der Waals surface area contributed by atoms with Crippen molar-refractivity contribution in [2.45, 2.75) is 26.7 Å². The summed E-state index contributed by atoms with van der Waals surface area (Å²) in [7, 11) is 0. The van der Waals surface area contributed by atoms with Crippen LogP contribution in [-0.2, 0) is 0 Å². The average molecular weight is 174 g/mol. The van der Waals surface area contributed by atoms with E-state index in [1.54, 1.807) is 0 Å². The van der Waals surface area contributed by atoms with Gasteiger partial charge in [-0.15, -0.1) is 0 Å². The van der Waals surface area contributed by atoms with Crippen LogP contribution >= 0.6 is 0 Å². The molecule has 0 aliphatic heterocycles. The van der Waals surface area contributed by atoms with E-state index in [9.17, 15) is 0 Å². The second-order valence-corrected chi connectivity index (χ2v) is 3.96. The van der Waals surface area contributed by atoms with Crippen molar-refractivity contribution < 1.29 is 5.11 Å². The lowest BCUT2D eigenvalue weighted by Crippen LogP contribution is -2.31. The molecule has 0 saturated carbocycles. The van der Waals surface area contributed by atoms with Crippen molar-refractivity contribution >= 4 is 0 Å². The van der Waals surface area contributed by atoms with Crippen LogP contribution in [-0.4, -0.2) is 31.3 Å². The van der Waals surface area contributed by atoms with E-state index in [-0.39, 0.29) is 12.0 Å². The van der Waals surface area contributed by atoms with Gasteiger partial charge in [0.2, 0.25) is 0 Å². The largest absolute Gasteiger partial charge is 0.396 e. The molecule has 0 heterocycles. The zero-order valence-corrected chi connectivity index (χ0v) is 8.27. The normalized spacial score (nSPS) is 12.0. The van der Waals surface area contributed by atoms with E-state index in [1.165, 1.54) is 0 Å². The van der Waals surface area contributed by atoms with Gasteiger partial charge in [0, 0.05) is 13.2 Å². The Kier molecular flexibility index (Phi) is 6.34. The molecule has 3 heteroatoms. The summed E-state index contributed by atoms with van der Waals surface area (Å²) in [6.45, 7) is 7.25. The van der Waals surface area contributed by atoms with E-state index < -0.39 is 0 Å². The number of aliphatic hydroxyl groups is 1. The van der Waals surface area contributed by atoms with E-state index >= 15 is 0 Å². The fourth-order valence-electron chi connectivity index (χ4n) is 1.04. The van der Waals surface area contributed by atoms with Gasteiger partial charge in [-0.05, 0) is 31.3 Å². The third kappa shape index (κ3) is 6.58. The lowest BCUT2D eigenvalue weighted by molar-refractivity contribution is 0.207. The van der Waals surface area contributed by atoms with Gasteiger partial charge in [-0.1, -0.05) is 13.8 Å². The van der Waals surface area contributed by atoms with Crippen LogP contribution < -0.4 is 11.1 Å². The zero-order valence-electron chi connectivity index (χ0n) is 8.27. The first-order valence-corrected chi connectivity index (χ1v) is 4.64. The van der Waals surface area contributed by atoms with Crippen molar-refractivity contribution in [2.75, 3.05) is 26.2 Å². The number of rotatable bonds is 7. The van der Waals surface area contributed by atoms with Gasteiger partial charge in [-0.25, -0.2) is 0 Å². The third-order valence-electron chi connectivity index (χ3n) is 1.95. The summed E-state index contributed by atoms with van der Waals surface area (Å²) in [5.74, 6) is 0. The monoisotopic (exact) mass is 174 g/mol. The minimum atomic E-state index is 0.198. The summed E-state index contributed by atoms with van der Waals surface area (Å²) in [5, 5.41) is 12.1. The molecule has 0 spiro atoms. The molecule has 0 aliphatic rings. The van der Waals surface area contributed by atoms with Crippen LogP contribution in [0, 0.1) is 5.41 Å². The smallest absolute Gasteiger partial charge is 0.0436 e. The fourth-order valence-corrected chi connectivity index (χ4v) is 1.04. The Bertz CT molecular complexity index is 105. The minimum absolute atomic E-state index is 0.198. The van der Waals surface area contributed by atoms with Gasteiger partial charge in [-0.2, -0.15) is 0 Å². The van der Waals surface area contributed by atoms with Crippen molar-refractivity contribution in [2.24, 2.45) is 11.1 Å². The first-order chi connectivity index (χ1) is 5.62. The number of hydrogen-bond acceptors (Lipinski definition) is 3. The Labute approximate surface area is 75.3 Å². The van der Waals surface area contributed by atoms with Gasteiger partial charge in [-0.3, -0.25) is 0 Å². The molecular weight excluding hydrogens is 152 g/mol. The van der Waals surface area contributed by atoms with Gasteiger partial charge in [0.1, 0.15) is 0 Å². The third-order valence-corrected chi connectivity index (χ3v) is 1.95. The summed E-state index contributed by atoms with van der Waals surface area (Å²) in [4.78, 5) is 0. The van der Waals surface area contributed by atoms with Crippen LogP contribution in [0.25, 0.3) is 0 Å². The first-order valence-electron chi connectivity index (χ1n) is 4.64. The summed E-state index contributed by atoms with van der Waals surface area (Å²) in [6, 6.07) is 0. The molecule has 0 fully saturated rings. The molecule has 0 amide bonds. The molecule has 3 nitrogen and oxygen atoms in total. The highest BCUT2D eigenvalue weighted by Crippen LogP contribution is 2.17. The first kappa shape index (κ1) is 11.9. The predicted molar refractivity (Wildman–Crippen MR) is 52.0 cm³/mol. The second kappa shape index (κ2) is 6.40. The lowest BCUT2D eigenvalue weighted by atomic mass is 9.90. The van der Waals surface area contributed by atoms with Crippen molar-refractivity contribution in [3.8, 4) is 0 Å². The Hall–Kier alpha value is -0.120. The molecule has 12 heavy (non-hydrogen) atoms. The topological polar surface area (TPSA) is 58.3 Å². The standard InChI is InChI=1S/C9H22N2O/c1-9(2,4-7-12)8-11-6-3-5-10/h11-12H,3-8,10H2,1-2H3.